The van der Waals surface area contributed by atoms with E-state index in [2.05, 4.69) is 6.92 Å². The van der Waals surface area contributed by atoms with Crippen molar-refractivity contribution in [3.05, 3.63) is 24.3 Å². The molecule has 0 aromatic rings. The Kier molecular flexibility index (Phi) is 10.7. The molecule has 0 radical (unpaired) electrons. The SMILES string of the molecule is CCCCC[C@@H]1[C@H](/C=C/[C@H](O)C/C=C\CCCC(=O)O)[C@H](O)C[C@@H]1O. The van der Waals surface area contributed by atoms with Gasteiger partial charge < -0.3 is 20.4 Å². The minimum Gasteiger partial charge on any atom is -0.481 e. The zero-order chi connectivity index (χ0) is 18.7. The van der Waals surface area contributed by atoms with E-state index in [0.29, 0.717) is 25.7 Å². The van der Waals surface area contributed by atoms with Crippen molar-refractivity contribution in [3.8, 4) is 0 Å². The molecule has 0 spiro atoms. The Balaban J connectivity index is 2.39. The first-order valence-corrected chi connectivity index (χ1v) is 9.55. The van der Waals surface area contributed by atoms with Crippen LogP contribution in [0.1, 0.15) is 64.7 Å². The van der Waals surface area contributed by atoms with Gasteiger partial charge in [0.25, 0.3) is 0 Å². The third-order valence-corrected chi connectivity index (χ3v) is 4.92. The van der Waals surface area contributed by atoms with Gasteiger partial charge in [0.1, 0.15) is 0 Å². The number of allylic oxidation sites excluding steroid dienone is 1. The van der Waals surface area contributed by atoms with E-state index in [0.717, 1.165) is 25.7 Å². The summed E-state index contributed by atoms with van der Waals surface area (Å²) in [7, 11) is 0. The lowest BCUT2D eigenvalue weighted by Gasteiger charge is -2.21. The molecule has 0 saturated heterocycles. The van der Waals surface area contributed by atoms with Gasteiger partial charge in [0.05, 0.1) is 18.3 Å². The Bertz CT molecular complexity index is 432. The molecule has 0 aromatic heterocycles. The van der Waals surface area contributed by atoms with Crippen LogP contribution >= 0.6 is 0 Å². The molecule has 1 saturated carbocycles. The highest BCUT2D eigenvalue weighted by atomic mass is 16.4. The molecule has 0 aromatic carbocycles. The minimum absolute atomic E-state index is 0.0663. The summed E-state index contributed by atoms with van der Waals surface area (Å²) >= 11 is 0. The van der Waals surface area contributed by atoms with Crippen LogP contribution in [0.15, 0.2) is 24.3 Å². The fraction of sp³-hybridized carbons (Fsp3) is 0.750. The zero-order valence-electron chi connectivity index (χ0n) is 15.3. The highest BCUT2D eigenvalue weighted by Crippen LogP contribution is 2.37. The average Bonchev–Trinajstić information content (AvgIpc) is 2.82. The van der Waals surface area contributed by atoms with Crippen molar-refractivity contribution in [2.45, 2.75) is 83.0 Å². The topological polar surface area (TPSA) is 98.0 Å². The smallest absolute Gasteiger partial charge is 0.303 e. The molecule has 5 nitrogen and oxygen atoms in total. The van der Waals surface area contributed by atoms with E-state index in [1.807, 2.05) is 18.2 Å². The molecular weight excluding hydrogens is 320 g/mol. The van der Waals surface area contributed by atoms with Crippen LogP contribution in [-0.2, 0) is 4.79 Å². The van der Waals surface area contributed by atoms with Crippen molar-refractivity contribution < 1.29 is 25.2 Å². The number of rotatable bonds is 12. The molecule has 5 heteroatoms. The van der Waals surface area contributed by atoms with Crippen LogP contribution in [0, 0.1) is 11.8 Å². The van der Waals surface area contributed by atoms with E-state index in [1.165, 1.54) is 0 Å². The Hall–Kier alpha value is -1.17. The molecule has 1 aliphatic rings. The first kappa shape index (κ1) is 21.9. The molecule has 1 aliphatic carbocycles. The lowest BCUT2D eigenvalue weighted by Crippen LogP contribution is -2.21. The Morgan fingerprint density at radius 1 is 1.16 bits per heavy atom. The minimum atomic E-state index is -0.790. The van der Waals surface area contributed by atoms with Gasteiger partial charge >= 0.3 is 5.97 Å². The summed E-state index contributed by atoms with van der Waals surface area (Å²) in [4.78, 5) is 10.4. The number of aliphatic hydroxyl groups excluding tert-OH is 3. The number of carboxylic acids is 1. The summed E-state index contributed by atoms with van der Waals surface area (Å²) in [6, 6.07) is 0. The van der Waals surface area contributed by atoms with E-state index in [-0.39, 0.29) is 18.3 Å². The highest BCUT2D eigenvalue weighted by Gasteiger charge is 2.39. The Morgan fingerprint density at radius 2 is 1.92 bits per heavy atom. The van der Waals surface area contributed by atoms with Crippen molar-refractivity contribution in [1.82, 2.24) is 0 Å². The van der Waals surface area contributed by atoms with Crippen LogP contribution in [0.25, 0.3) is 0 Å². The van der Waals surface area contributed by atoms with E-state index >= 15 is 0 Å². The molecule has 0 amide bonds. The first-order chi connectivity index (χ1) is 12.0. The largest absolute Gasteiger partial charge is 0.481 e. The summed E-state index contributed by atoms with van der Waals surface area (Å²) in [6.45, 7) is 2.14. The fourth-order valence-electron chi connectivity index (χ4n) is 3.47. The highest BCUT2D eigenvalue weighted by molar-refractivity contribution is 5.66. The summed E-state index contributed by atoms with van der Waals surface area (Å²) in [6.07, 6.45) is 12.2. The molecule has 0 unspecified atom stereocenters. The van der Waals surface area contributed by atoms with E-state index in [9.17, 15) is 20.1 Å². The maximum atomic E-state index is 10.4. The van der Waals surface area contributed by atoms with Gasteiger partial charge in [0, 0.05) is 18.8 Å². The molecule has 5 atom stereocenters. The molecule has 1 rings (SSSR count). The lowest BCUT2D eigenvalue weighted by molar-refractivity contribution is -0.137. The predicted octanol–water partition coefficient (Wildman–Crippen LogP) is 3.04. The third kappa shape index (κ3) is 8.66. The van der Waals surface area contributed by atoms with Gasteiger partial charge in [0.15, 0.2) is 0 Å². The lowest BCUT2D eigenvalue weighted by atomic mass is 9.88. The zero-order valence-corrected chi connectivity index (χ0v) is 15.3. The maximum Gasteiger partial charge on any atom is 0.303 e. The molecule has 0 heterocycles. The number of aliphatic hydroxyl groups is 3. The number of hydrogen-bond donors (Lipinski definition) is 4. The fourth-order valence-corrected chi connectivity index (χ4v) is 3.47. The van der Waals surface area contributed by atoms with Gasteiger partial charge in [0.2, 0.25) is 0 Å². The monoisotopic (exact) mass is 354 g/mol. The molecule has 0 bridgehead atoms. The summed E-state index contributed by atoms with van der Waals surface area (Å²) < 4.78 is 0. The summed E-state index contributed by atoms with van der Waals surface area (Å²) in [5.74, 6) is -0.820. The van der Waals surface area contributed by atoms with Gasteiger partial charge in [-0.2, -0.15) is 0 Å². The summed E-state index contributed by atoms with van der Waals surface area (Å²) in [5, 5.41) is 38.9. The van der Waals surface area contributed by atoms with E-state index < -0.39 is 24.3 Å². The normalized spacial score (nSPS) is 28.2. The quantitative estimate of drug-likeness (QED) is 0.319. The van der Waals surface area contributed by atoms with Gasteiger partial charge in [-0.1, -0.05) is 50.5 Å². The van der Waals surface area contributed by atoms with Crippen LogP contribution in [-0.4, -0.2) is 44.7 Å². The van der Waals surface area contributed by atoms with Crippen LogP contribution in [0.4, 0.5) is 0 Å². The van der Waals surface area contributed by atoms with Crippen LogP contribution in [0.5, 0.6) is 0 Å². The molecule has 4 N–H and O–H groups in total. The van der Waals surface area contributed by atoms with Gasteiger partial charge in [-0.3, -0.25) is 4.79 Å². The first-order valence-electron chi connectivity index (χ1n) is 9.55. The second-order valence-electron chi connectivity index (χ2n) is 7.05. The number of aliphatic carboxylic acids is 1. The molecular formula is C20H34O5. The number of carbonyl (C=O) groups is 1. The number of hydrogen-bond acceptors (Lipinski definition) is 4. The van der Waals surface area contributed by atoms with Crippen molar-refractivity contribution in [2.24, 2.45) is 11.8 Å². The van der Waals surface area contributed by atoms with Gasteiger partial charge in [-0.05, 0) is 31.6 Å². The van der Waals surface area contributed by atoms with Crippen LogP contribution < -0.4 is 0 Å². The van der Waals surface area contributed by atoms with Crippen LogP contribution in [0.3, 0.4) is 0 Å². The summed E-state index contributed by atoms with van der Waals surface area (Å²) in [5.41, 5.74) is 0. The predicted molar refractivity (Wildman–Crippen MR) is 98.1 cm³/mol. The number of unbranched alkanes of at least 4 members (excludes halogenated alkanes) is 3. The molecule has 144 valence electrons. The van der Waals surface area contributed by atoms with E-state index in [4.69, 9.17) is 5.11 Å². The Morgan fingerprint density at radius 3 is 2.60 bits per heavy atom. The molecule has 0 aliphatic heterocycles. The van der Waals surface area contributed by atoms with Crippen LogP contribution in [0.2, 0.25) is 0 Å². The van der Waals surface area contributed by atoms with Gasteiger partial charge in [-0.25, -0.2) is 0 Å². The van der Waals surface area contributed by atoms with Gasteiger partial charge in [-0.15, -0.1) is 0 Å². The standard InChI is InChI=1S/C20H34O5/c1-2-3-6-10-16-17(19(23)14-18(16)22)13-12-15(21)9-7-4-5-8-11-20(24)25/h4,7,12-13,15-19,21-23H,2-3,5-6,8-11,14H2,1H3,(H,24,25)/b7-4-,13-12+/t15-,16-,17+,18+,19-/m1/s1. The van der Waals surface area contributed by atoms with Crippen molar-refractivity contribution in [2.75, 3.05) is 0 Å². The Labute approximate surface area is 151 Å². The van der Waals surface area contributed by atoms with Crippen molar-refractivity contribution in [1.29, 1.82) is 0 Å². The second-order valence-corrected chi connectivity index (χ2v) is 7.05. The molecule has 1 fully saturated rings. The average molecular weight is 354 g/mol. The number of carboxylic acid groups (broad SMARTS) is 1. The third-order valence-electron chi connectivity index (χ3n) is 4.92. The van der Waals surface area contributed by atoms with Crippen molar-refractivity contribution >= 4 is 5.97 Å². The van der Waals surface area contributed by atoms with Crippen molar-refractivity contribution in [3.63, 3.8) is 0 Å². The maximum absolute atomic E-state index is 10.4. The van der Waals surface area contributed by atoms with E-state index in [1.54, 1.807) is 6.08 Å². The molecule has 25 heavy (non-hydrogen) atoms. The second kappa shape index (κ2) is 12.2.